The molecule has 1 radical (unpaired) electrons. The number of hydrogen-bond acceptors (Lipinski definition) is 2. The largest absolute Gasteiger partial charge is 0.374 e. The van der Waals surface area contributed by atoms with Crippen molar-refractivity contribution < 1.29 is 9.53 Å². The topological polar surface area (TPSA) is 26.3 Å². The molecule has 0 aliphatic carbocycles. The van der Waals surface area contributed by atoms with Gasteiger partial charge in [0.25, 0.3) is 0 Å². The molecule has 2 aromatic rings. The van der Waals surface area contributed by atoms with Gasteiger partial charge in [0.15, 0.2) is 5.78 Å². The van der Waals surface area contributed by atoms with Crippen molar-refractivity contribution in [2.24, 2.45) is 0 Å². The van der Waals surface area contributed by atoms with Gasteiger partial charge in [-0.2, -0.15) is 0 Å². The summed E-state index contributed by atoms with van der Waals surface area (Å²) in [7, 11) is 1.60. The molecule has 2 nitrogen and oxygen atoms in total. The van der Waals surface area contributed by atoms with Gasteiger partial charge in [-0.1, -0.05) is 54.6 Å². The Morgan fingerprint density at radius 1 is 0.941 bits per heavy atom. The van der Waals surface area contributed by atoms with E-state index in [4.69, 9.17) is 4.74 Å². The molecule has 0 saturated heterocycles. The molecule has 2 heteroatoms. The predicted molar refractivity (Wildman–Crippen MR) is 66.7 cm³/mol. The van der Waals surface area contributed by atoms with Crippen LogP contribution >= 0.6 is 0 Å². The zero-order chi connectivity index (χ0) is 12.1. The third-order valence-electron chi connectivity index (χ3n) is 2.46. The molecular weight excluding hydrogens is 212 g/mol. The fourth-order valence-electron chi connectivity index (χ4n) is 1.61. The summed E-state index contributed by atoms with van der Waals surface area (Å²) in [6.45, 7) is 1.64. The van der Waals surface area contributed by atoms with Gasteiger partial charge in [0.1, 0.15) is 6.61 Å². The van der Waals surface area contributed by atoms with Crippen molar-refractivity contribution in [3.05, 3.63) is 77.9 Å². The molecule has 17 heavy (non-hydrogen) atoms. The highest BCUT2D eigenvalue weighted by atomic mass is 16.5. The first kappa shape index (κ1) is 11.6. The fraction of sp³-hybridized carbons (Fsp3) is 0.0667. The summed E-state index contributed by atoms with van der Waals surface area (Å²) in [4.78, 5) is 12.1. The molecule has 0 saturated carbocycles. The average Bonchev–Trinajstić information content (AvgIpc) is 2.40. The third kappa shape index (κ3) is 2.80. The number of hydrogen-bond donors (Lipinski definition) is 0. The normalized spacial score (nSPS) is 10.2. The van der Waals surface area contributed by atoms with Crippen LogP contribution in [0.2, 0.25) is 0 Å². The van der Waals surface area contributed by atoms with Crippen LogP contribution < -0.4 is 0 Å². The molecule has 2 rings (SSSR count). The second kappa shape index (κ2) is 5.41. The summed E-state index contributed by atoms with van der Waals surface area (Å²) in [6.07, 6.45) is 0. The van der Waals surface area contributed by atoms with Crippen LogP contribution in [0.25, 0.3) is 0 Å². The minimum atomic E-state index is 0.0366. The third-order valence-corrected chi connectivity index (χ3v) is 2.46. The lowest BCUT2D eigenvalue weighted by atomic mass is 10.0. The number of carbonyl (C=O) groups excluding carboxylic acids is 1. The highest BCUT2D eigenvalue weighted by molar-refractivity contribution is 6.08. The molecule has 0 fully saturated rings. The van der Waals surface area contributed by atoms with Gasteiger partial charge in [-0.05, 0) is 5.56 Å². The summed E-state index contributed by atoms with van der Waals surface area (Å²) in [5, 5.41) is 0. The molecule has 0 amide bonds. The van der Waals surface area contributed by atoms with E-state index in [9.17, 15) is 4.79 Å². The predicted octanol–water partition coefficient (Wildman–Crippen LogP) is 3.07. The van der Waals surface area contributed by atoms with Crippen LogP contribution in [0.15, 0.2) is 54.6 Å². The summed E-state index contributed by atoms with van der Waals surface area (Å²) in [6, 6.07) is 16.6. The van der Waals surface area contributed by atoms with Crippen molar-refractivity contribution >= 4 is 5.78 Å². The van der Waals surface area contributed by atoms with E-state index in [1.54, 1.807) is 25.8 Å². The first-order valence-electron chi connectivity index (χ1n) is 5.37. The molecule has 2 aromatic carbocycles. The molecule has 0 atom stereocenters. The van der Waals surface area contributed by atoms with Crippen LogP contribution in [0.4, 0.5) is 0 Å². The Kier molecular flexibility index (Phi) is 3.68. The second-order valence-electron chi connectivity index (χ2n) is 3.67. The highest BCUT2D eigenvalue weighted by Crippen LogP contribution is 2.12. The number of methoxy groups -OCH3 is 1. The maximum Gasteiger partial charge on any atom is 0.193 e. The Morgan fingerprint density at radius 3 is 2.12 bits per heavy atom. The molecule has 0 aliphatic rings. The molecule has 0 aliphatic heterocycles. The average molecular weight is 225 g/mol. The van der Waals surface area contributed by atoms with Crippen molar-refractivity contribution in [2.45, 2.75) is 0 Å². The second-order valence-corrected chi connectivity index (χ2v) is 3.67. The molecule has 85 valence electrons. The molecule has 0 spiro atoms. The lowest BCUT2D eigenvalue weighted by Crippen LogP contribution is -2.00. The molecule has 0 aromatic heterocycles. The molecule has 0 unspecified atom stereocenters. The van der Waals surface area contributed by atoms with Crippen LogP contribution in [0.3, 0.4) is 0 Å². The van der Waals surface area contributed by atoms with E-state index in [1.165, 1.54) is 0 Å². The minimum absolute atomic E-state index is 0.0366. The van der Waals surface area contributed by atoms with E-state index < -0.39 is 0 Å². The van der Waals surface area contributed by atoms with Gasteiger partial charge in [-0.3, -0.25) is 4.79 Å². The molecule has 0 bridgehead atoms. The monoisotopic (exact) mass is 225 g/mol. The Bertz CT molecular complexity index is 486. The lowest BCUT2D eigenvalue weighted by molar-refractivity contribution is 0.103. The summed E-state index contributed by atoms with van der Waals surface area (Å²) in [5.41, 5.74) is 2.33. The van der Waals surface area contributed by atoms with Crippen molar-refractivity contribution in [2.75, 3.05) is 7.11 Å². The van der Waals surface area contributed by atoms with Crippen molar-refractivity contribution in [1.82, 2.24) is 0 Å². The van der Waals surface area contributed by atoms with E-state index in [1.807, 2.05) is 42.5 Å². The van der Waals surface area contributed by atoms with E-state index in [0.717, 1.165) is 5.56 Å². The van der Waals surface area contributed by atoms with Gasteiger partial charge >= 0.3 is 0 Å². The number of rotatable bonds is 4. The standard InChI is InChI=1S/C15H13O2/c1-17-11-12-7-9-14(10-8-12)15(16)13-5-3-2-4-6-13/h2-11H,1H3. The summed E-state index contributed by atoms with van der Waals surface area (Å²) in [5.74, 6) is 0.0366. The SMILES string of the molecule is CO[CH]c1ccc(C(=O)c2ccccc2)cc1. The zero-order valence-electron chi connectivity index (χ0n) is 9.59. The Hall–Kier alpha value is -1.93. The van der Waals surface area contributed by atoms with E-state index in [2.05, 4.69) is 0 Å². The maximum absolute atomic E-state index is 12.1. The number of benzene rings is 2. The van der Waals surface area contributed by atoms with E-state index >= 15 is 0 Å². The molecule has 0 N–H and O–H groups in total. The first-order valence-corrected chi connectivity index (χ1v) is 5.37. The van der Waals surface area contributed by atoms with Gasteiger partial charge in [0, 0.05) is 18.2 Å². The van der Waals surface area contributed by atoms with Crippen molar-refractivity contribution in [3.63, 3.8) is 0 Å². The van der Waals surface area contributed by atoms with Crippen LogP contribution in [0.5, 0.6) is 0 Å². The zero-order valence-corrected chi connectivity index (χ0v) is 9.59. The smallest absolute Gasteiger partial charge is 0.193 e. The fourth-order valence-corrected chi connectivity index (χ4v) is 1.61. The minimum Gasteiger partial charge on any atom is -0.374 e. The van der Waals surface area contributed by atoms with Crippen LogP contribution in [-0.2, 0) is 4.74 Å². The Balaban J connectivity index is 2.20. The maximum atomic E-state index is 12.1. The Morgan fingerprint density at radius 2 is 1.53 bits per heavy atom. The van der Waals surface area contributed by atoms with Crippen LogP contribution in [0, 0.1) is 6.61 Å². The van der Waals surface area contributed by atoms with Crippen molar-refractivity contribution in [3.8, 4) is 0 Å². The number of carbonyl (C=O) groups is 1. The molecular formula is C15H13O2. The van der Waals surface area contributed by atoms with Gasteiger partial charge < -0.3 is 4.74 Å². The van der Waals surface area contributed by atoms with Gasteiger partial charge in [-0.15, -0.1) is 0 Å². The highest BCUT2D eigenvalue weighted by Gasteiger charge is 2.07. The summed E-state index contributed by atoms with van der Waals surface area (Å²) < 4.78 is 4.90. The van der Waals surface area contributed by atoms with Gasteiger partial charge in [0.2, 0.25) is 0 Å². The van der Waals surface area contributed by atoms with Crippen LogP contribution in [0.1, 0.15) is 21.5 Å². The van der Waals surface area contributed by atoms with Crippen molar-refractivity contribution in [1.29, 1.82) is 0 Å². The Labute approximate surface area is 101 Å². The van der Waals surface area contributed by atoms with Crippen LogP contribution in [-0.4, -0.2) is 12.9 Å². The first-order chi connectivity index (χ1) is 8.31. The lowest BCUT2D eigenvalue weighted by Gasteiger charge is -2.02. The quantitative estimate of drug-likeness (QED) is 0.747. The number of ether oxygens (including phenoxy) is 1. The molecule has 0 heterocycles. The van der Waals surface area contributed by atoms with E-state index in [-0.39, 0.29) is 5.78 Å². The number of ketones is 1. The van der Waals surface area contributed by atoms with E-state index in [0.29, 0.717) is 11.1 Å². The van der Waals surface area contributed by atoms with Gasteiger partial charge in [0.05, 0.1) is 0 Å². The van der Waals surface area contributed by atoms with Gasteiger partial charge in [-0.25, -0.2) is 0 Å². The summed E-state index contributed by atoms with van der Waals surface area (Å²) >= 11 is 0.